The standard InChI is InChI=1S/C12H17NO/c13-9-12(14)8-4-3-6-10-5-1-2-7-11(10)12/h1-2,5,7,14H,3-4,6,8-9,13H2. The molecule has 2 rings (SSSR count). The van der Waals surface area contributed by atoms with E-state index in [0.29, 0.717) is 6.54 Å². The highest BCUT2D eigenvalue weighted by molar-refractivity contribution is 5.33. The Morgan fingerprint density at radius 1 is 1.29 bits per heavy atom. The lowest BCUT2D eigenvalue weighted by molar-refractivity contribution is 0.0362. The minimum Gasteiger partial charge on any atom is -0.384 e. The molecule has 1 aliphatic carbocycles. The quantitative estimate of drug-likeness (QED) is 0.662. The molecule has 14 heavy (non-hydrogen) atoms. The summed E-state index contributed by atoms with van der Waals surface area (Å²) < 4.78 is 0. The van der Waals surface area contributed by atoms with Crippen molar-refractivity contribution in [3.63, 3.8) is 0 Å². The van der Waals surface area contributed by atoms with Gasteiger partial charge in [-0.1, -0.05) is 24.3 Å². The van der Waals surface area contributed by atoms with Crippen molar-refractivity contribution in [3.8, 4) is 0 Å². The lowest BCUT2D eigenvalue weighted by atomic mass is 9.88. The number of aryl methyl sites for hydroxylation is 1. The van der Waals surface area contributed by atoms with Gasteiger partial charge in [-0.05, 0) is 36.8 Å². The van der Waals surface area contributed by atoms with Crippen molar-refractivity contribution >= 4 is 0 Å². The van der Waals surface area contributed by atoms with E-state index in [0.717, 1.165) is 31.2 Å². The van der Waals surface area contributed by atoms with Crippen molar-refractivity contribution in [2.24, 2.45) is 5.73 Å². The zero-order valence-corrected chi connectivity index (χ0v) is 8.37. The van der Waals surface area contributed by atoms with Crippen molar-refractivity contribution in [1.82, 2.24) is 0 Å². The van der Waals surface area contributed by atoms with Crippen LogP contribution in [0.1, 0.15) is 30.4 Å². The Labute approximate surface area is 84.7 Å². The van der Waals surface area contributed by atoms with Gasteiger partial charge in [0.1, 0.15) is 5.60 Å². The third-order valence-electron chi connectivity index (χ3n) is 3.14. The maximum absolute atomic E-state index is 10.4. The van der Waals surface area contributed by atoms with Crippen LogP contribution in [-0.2, 0) is 12.0 Å². The predicted molar refractivity (Wildman–Crippen MR) is 56.9 cm³/mol. The normalized spacial score (nSPS) is 26.7. The van der Waals surface area contributed by atoms with E-state index < -0.39 is 5.60 Å². The van der Waals surface area contributed by atoms with Gasteiger partial charge in [0.05, 0.1) is 0 Å². The molecule has 1 unspecified atom stereocenters. The van der Waals surface area contributed by atoms with Crippen LogP contribution in [0.2, 0.25) is 0 Å². The van der Waals surface area contributed by atoms with Crippen LogP contribution >= 0.6 is 0 Å². The topological polar surface area (TPSA) is 46.2 Å². The molecule has 3 N–H and O–H groups in total. The summed E-state index contributed by atoms with van der Waals surface area (Å²) in [5.41, 5.74) is 7.19. The largest absolute Gasteiger partial charge is 0.384 e. The molecule has 0 aromatic heterocycles. The van der Waals surface area contributed by atoms with Gasteiger partial charge in [-0.2, -0.15) is 0 Å². The first-order valence-electron chi connectivity index (χ1n) is 5.27. The highest BCUT2D eigenvalue weighted by Crippen LogP contribution is 2.32. The summed E-state index contributed by atoms with van der Waals surface area (Å²) in [7, 11) is 0. The second-order valence-electron chi connectivity index (χ2n) is 4.10. The van der Waals surface area contributed by atoms with Crippen molar-refractivity contribution in [3.05, 3.63) is 35.4 Å². The Hall–Kier alpha value is -0.860. The molecule has 0 amide bonds. The fraction of sp³-hybridized carbons (Fsp3) is 0.500. The number of nitrogens with two attached hydrogens (primary N) is 1. The Bertz CT molecular complexity index is 324. The van der Waals surface area contributed by atoms with Gasteiger partial charge in [0.15, 0.2) is 0 Å². The average Bonchev–Trinajstić information content (AvgIpc) is 2.40. The molecule has 0 radical (unpaired) electrons. The molecule has 0 spiro atoms. The third kappa shape index (κ3) is 1.56. The number of rotatable bonds is 1. The van der Waals surface area contributed by atoms with Gasteiger partial charge < -0.3 is 10.8 Å². The third-order valence-corrected chi connectivity index (χ3v) is 3.14. The molecule has 0 aliphatic heterocycles. The first kappa shape index (κ1) is 9.69. The lowest BCUT2D eigenvalue weighted by Crippen LogP contribution is -2.34. The van der Waals surface area contributed by atoms with E-state index in [1.54, 1.807) is 0 Å². The van der Waals surface area contributed by atoms with Crippen LogP contribution in [0.3, 0.4) is 0 Å². The molecule has 1 aromatic rings. The minimum atomic E-state index is -0.785. The summed E-state index contributed by atoms with van der Waals surface area (Å²) in [4.78, 5) is 0. The Kier molecular flexibility index (Phi) is 2.57. The lowest BCUT2D eigenvalue weighted by Gasteiger charge is -2.27. The van der Waals surface area contributed by atoms with E-state index in [-0.39, 0.29) is 0 Å². The van der Waals surface area contributed by atoms with Crippen LogP contribution in [0, 0.1) is 0 Å². The van der Waals surface area contributed by atoms with E-state index in [1.807, 2.05) is 18.2 Å². The first-order chi connectivity index (χ1) is 6.76. The predicted octanol–water partition coefficient (Wildman–Crippen LogP) is 1.56. The van der Waals surface area contributed by atoms with Gasteiger partial charge in [0.25, 0.3) is 0 Å². The average molecular weight is 191 g/mol. The van der Waals surface area contributed by atoms with Gasteiger partial charge in [0.2, 0.25) is 0 Å². The molecule has 0 saturated carbocycles. The smallest absolute Gasteiger partial charge is 0.102 e. The van der Waals surface area contributed by atoms with Gasteiger partial charge >= 0.3 is 0 Å². The molecule has 2 heteroatoms. The summed E-state index contributed by atoms with van der Waals surface area (Å²) >= 11 is 0. The van der Waals surface area contributed by atoms with Crippen LogP contribution in [0.15, 0.2) is 24.3 Å². The molecule has 0 heterocycles. The van der Waals surface area contributed by atoms with Crippen LogP contribution in [0.5, 0.6) is 0 Å². The summed E-state index contributed by atoms with van der Waals surface area (Å²) in [6.07, 6.45) is 4.07. The number of aliphatic hydroxyl groups is 1. The summed E-state index contributed by atoms with van der Waals surface area (Å²) in [5, 5.41) is 10.4. The molecule has 1 atom stereocenters. The van der Waals surface area contributed by atoms with Crippen molar-refractivity contribution in [2.75, 3.05) is 6.54 Å². The molecule has 0 saturated heterocycles. The fourth-order valence-electron chi connectivity index (χ4n) is 2.27. The van der Waals surface area contributed by atoms with Gasteiger partial charge in [-0.3, -0.25) is 0 Å². The van der Waals surface area contributed by atoms with Gasteiger partial charge in [0, 0.05) is 6.54 Å². The fourth-order valence-corrected chi connectivity index (χ4v) is 2.27. The van der Waals surface area contributed by atoms with E-state index in [9.17, 15) is 5.11 Å². The monoisotopic (exact) mass is 191 g/mol. The molecule has 0 fully saturated rings. The van der Waals surface area contributed by atoms with Gasteiger partial charge in [-0.15, -0.1) is 0 Å². The Morgan fingerprint density at radius 2 is 2.07 bits per heavy atom. The molecule has 76 valence electrons. The van der Waals surface area contributed by atoms with E-state index >= 15 is 0 Å². The Balaban J connectivity index is 2.47. The van der Waals surface area contributed by atoms with Crippen molar-refractivity contribution < 1.29 is 5.11 Å². The number of hydrogen-bond acceptors (Lipinski definition) is 2. The second kappa shape index (κ2) is 3.71. The van der Waals surface area contributed by atoms with Crippen LogP contribution in [0.4, 0.5) is 0 Å². The zero-order valence-electron chi connectivity index (χ0n) is 8.37. The van der Waals surface area contributed by atoms with E-state index in [2.05, 4.69) is 6.07 Å². The molecular weight excluding hydrogens is 174 g/mol. The second-order valence-corrected chi connectivity index (χ2v) is 4.10. The van der Waals surface area contributed by atoms with Crippen LogP contribution in [-0.4, -0.2) is 11.7 Å². The highest BCUT2D eigenvalue weighted by atomic mass is 16.3. The number of benzene rings is 1. The highest BCUT2D eigenvalue weighted by Gasteiger charge is 2.30. The SMILES string of the molecule is NCC1(O)CCCCc2ccccc21. The summed E-state index contributed by atoms with van der Waals surface area (Å²) in [6.45, 7) is 0.323. The van der Waals surface area contributed by atoms with Crippen molar-refractivity contribution in [2.45, 2.75) is 31.3 Å². The summed E-state index contributed by atoms with van der Waals surface area (Å²) in [5.74, 6) is 0. The number of hydrogen-bond donors (Lipinski definition) is 2. The maximum atomic E-state index is 10.4. The molecule has 2 nitrogen and oxygen atoms in total. The maximum Gasteiger partial charge on any atom is 0.102 e. The molecular formula is C12H17NO. The van der Waals surface area contributed by atoms with Crippen LogP contribution < -0.4 is 5.73 Å². The molecule has 0 bridgehead atoms. The zero-order chi connectivity index (χ0) is 10.0. The minimum absolute atomic E-state index is 0.323. The van der Waals surface area contributed by atoms with Crippen molar-refractivity contribution in [1.29, 1.82) is 0 Å². The van der Waals surface area contributed by atoms with E-state index in [1.165, 1.54) is 5.56 Å². The Morgan fingerprint density at radius 3 is 2.86 bits per heavy atom. The van der Waals surface area contributed by atoms with Crippen LogP contribution in [0.25, 0.3) is 0 Å². The first-order valence-corrected chi connectivity index (χ1v) is 5.27. The molecule has 1 aromatic carbocycles. The van der Waals surface area contributed by atoms with E-state index in [4.69, 9.17) is 5.73 Å². The number of fused-ring (bicyclic) bond motifs is 1. The van der Waals surface area contributed by atoms with Gasteiger partial charge in [-0.25, -0.2) is 0 Å². The summed E-state index contributed by atoms with van der Waals surface area (Å²) in [6, 6.07) is 8.11. The molecule has 1 aliphatic rings.